The highest BCUT2D eigenvalue weighted by Gasteiger charge is 2.58. The summed E-state index contributed by atoms with van der Waals surface area (Å²) in [5, 5.41) is 3.03. The van der Waals surface area contributed by atoms with Crippen molar-refractivity contribution < 1.29 is 33.3 Å². The number of nitrogens with one attached hydrogen (secondary N) is 1. The molecular formula is C28H44N2O7. The zero-order valence-electron chi connectivity index (χ0n) is 22.9. The van der Waals surface area contributed by atoms with Gasteiger partial charge in [0.25, 0.3) is 0 Å². The number of amides is 2. The van der Waals surface area contributed by atoms with Crippen molar-refractivity contribution in [2.24, 2.45) is 0 Å². The van der Waals surface area contributed by atoms with Crippen molar-refractivity contribution in [1.29, 1.82) is 0 Å². The molecule has 0 saturated carbocycles. The number of fused-ring (bicyclic) bond motifs is 1. The van der Waals surface area contributed by atoms with Crippen LogP contribution in [-0.2, 0) is 35.0 Å². The van der Waals surface area contributed by atoms with Crippen LogP contribution in [0.25, 0.3) is 0 Å². The number of urea groups is 1. The van der Waals surface area contributed by atoms with Gasteiger partial charge in [0.1, 0.15) is 18.3 Å². The number of carbonyl (C=O) groups is 2. The Kier molecular flexibility index (Phi) is 11.2. The molecule has 9 heteroatoms. The molecule has 9 nitrogen and oxygen atoms in total. The number of hydrogen-bond donors (Lipinski definition) is 1. The molecule has 1 aromatic rings. The molecule has 3 rings (SSSR count). The number of benzene rings is 1. The first kappa shape index (κ1) is 29.4. The van der Waals surface area contributed by atoms with E-state index in [0.29, 0.717) is 13.1 Å². The van der Waals surface area contributed by atoms with E-state index in [-0.39, 0.29) is 19.1 Å². The molecule has 2 aliphatic rings. The smallest absolute Gasteiger partial charge is 0.318 e. The summed E-state index contributed by atoms with van der Waals surface area (Å²) in [6, 6.07) is 8.86. The first-order valence-corrected chi connectivity index (χ1v) is 13.6. The fourth-order valence-corrected chi connectivity index (χ4v) is 5.06. The third kappa shape index (κ3) is 8.14. The van der Waals surface area contributed by atoms with Gasteiger partial charge in [-0.05, 0) is 32.8 Å². The number of rotatable bonds is 14. The fraction of sp³-hybridized carbons (Fsp3) is 0.714. The van der Waals surface area contributed by atoms with Crippen LogP contribution in [0.15, 0.2) is 30.3 Å². The van der Waals surface area contributed by atoms with Gasteiger partial charge in [0.2, 0.25) is 0 Å². The van der Waals surface area contributed by atoms with Crippen LogP contribution in [0, 0.1) is 0 Å². The van der Waals surface area contributed by atoms with Gasteiger partial charge in [0.15, 0.2) is 12.1 Å². The maximum absolute atomic E-state index is 13.6. The van der Waals surface area contributed by atoms with Crippen molar-refractivity contribution in [3.8, 4) is 0 Å². The lowest BCUT2D eigenvalue weighted by Gasteiger charge is -2.37. The van der Waals surface area contributed by atoms with E-state index >= 15 is 0 Å². The Bertz CT molecular complexity index is 850. The second kappa shape index (κ2) is 14.1. The van der Waals surface area contributed by atoms with Crippen LogP contribution in [0.5, 0.6) is 0 Å². The van der Waals surface area contributed by atoms with Crippen LogP contribution in [0.3, 0.4) is 0 Å². The maximum atomic E-state index is 13.6. The van der Waals surface area contributed by atoms with Crippen LogP contribution in [0.1, 0.15) is 71.8 Å². The minimum absolute atomic E-state index is 0.0189. The summed E-state index contributed by atoms with van der Waals surface area (Å²) in [6.45, 7) is 8.70. The maximum Gasteiger partial charge on any atom is 0.318 e. The molecule has 2 heterocycles. The Morgan fingerprint density at radius 3 is 2.49 bits per heavy atom. The normalized spacial score (nSPS) is 24.9. The fourth-order valence-electron chi connectivity index (χ4n) is 5.06. The molecule has 5 atom stereocenters. The molecule has 208 valence electrons. The van der Waals surface area contributed by atoms with Gasteiger partial charge in [-0.15, -0.1) is 0 Å². The number of ether oxygens (including phenoxy) is 5. The van der Waals surface area contributed by atoms with Gasteiger partial charge in [-0.1, -0.05) is 62.9 Å². The molecule has 2 saturated heterocycles. The molecule has 0 spiro atoms. The van der Waals surface area contributed by atoms with Crippen molar-refractivity contribution in [1.82, 2.24) is 10.2 Å². The van der Waals surface area contributed by atoms with Gasteiger partial charge in [-0.3, -0.25) is 4.79 Å². The van der Waals surface area contributed by atoms with Crippen molar-refractivity contribution in [3.05, 3.63) is 35.9 Å². The number of carbonyl (C=O) groups excluding carboxylic acids is 2. The van der Waals surface area contributed by atoms with Crippen LogP contribution in [-0.4, -0.2) is 73.6 Å². The molecule has 37 heavy (non-hydrogen) atoms. The molecule has 0 aromatic heterocycles. The molecule has 1 aromatic carbocycles. The van der Waals surface area contributed by atoms with E-state index in [4.69, 9.17) is 23.7 Å². The van der Waals surface area contributed by atoms with Crippen LogP contribution >= 0.6 is 0 Å². The Balaban J connectivity index is 1.83. The summed E-state index contributed by atoms with van der Waals surface area (Å²) in [5.74, 6) is -1.20. The molecule has 2 fully saturated rings. The standard InChI is InChI=1S/C28H44N2O7/c1-6-8-9-10-14-17-30(27(32)29-19-20-15-12-11-13-16-20)21(18-22(31)34-7-2)23-24(33-5)25-26(35-23)37-28(3,4)36-25/h11-13,15-16,21,23-26H,6-10,14,17-19H2,1-5H3,(H,29,32)/t21?,23-,24-,25+,26+/m0/s1. The first-order valence-electron chi connectivity index (χ1n) is 13.6. The summed E-state index contributed by atoms with van der Waals surface area (Å²) in [7, 11) is 1.59. The van der Waals surface area contributed by atoms with Gasteiger partial charge < -0.3 is 33.9 Å². The average Bonchev–Trinajstić information content (AvgIpc) is 3.35. The average molecular weight is 521 g/mol. The number of unbranched alkanes of at least 4 members (excludes halogenated alkanes) is 4. The van der Waals surface area contributed by atoms with Crippen LogP contribution in [0.4, 0.5) is 4.79 Å². The summed E-state index contributed by atoms with van der Waals surface area (Å²) >= 11 is 0. The predicted molar refractivity (Wildman–Crippen MR) is 139 cm³/mol. The highest BCUT2D eigenvalue weighted by molar-refractivity contribution is 5.76. The van der Waals surface area contributed by atoms with Crippen LogP contribution < -0.4 is 5.32 Å². The Morgan fingerprint density at radius 1 is 1.08 bits per heavy atom. The van der Waals surface area contributed by atoms with E-state index in [1.54, 1.807) is 18.9 Å². The largest absolute Gasteiger partial charge is 0.466 e. The minimum Gasteiger partial charge on any atom is -0.466 e. The monoisotopic (exact) mass is 520 g/mol. The zero-order valence-corrected chi connectivity index (χ0v) is 22.9. The van der Waals surface area contributed by atoms with Crippen LogP contribution in [0.2, 0.25) is 0 Å². The predicted octanol–water partition coefficient (Wildman–Crippen LogP) is 4.38. The van der Waals surface area contributed by atoms with Crippen molar-refractivity contribution in [2.45, 2.75) is 109 Å². The molecular weight excluding hydrogens is 476 g/mol. The summed E-state index contributed by atoms with van der Waals surface area (Å²) in [6.07, 6.45) is 2.92. The lowest BCUT2D eigenvalue weighted by atomic mass is 9.98. The molecule has 0 bridgehead atoms. The molecule has 2 amide bonds. The van der Waals surface area contributed by atoms with E-state index in [2.05, 4.69) is 12.2 Å². The van der Waals surface area contributed by atoms with E-state index < -0.39 is 42.4 Å². The Hall–Kier alpha value is -2.20. The quantitative estimate of drug-likeness (QED) is 0.287. The van der Waals surface area contributed by atoms with Gasteiger partial charge in [0.05, 0.1) is 19.1 Å². The third-order valence-electron chi connectivity index (χ3n) is 6.81. The van der Waals surface area contributed by atoms with E-state index in [0.717, 1.165) is 37.7 Å². The number of methoxy groups -OCH3 is 1. The molecule has 2 aliphatic heterocycles. The Morgan fingerprint density at radius 2 is 1.81 bits per heavy atom. The lowest BCUT2D eigenvalue weighted by molar-refractivity contribution is -0.223. The summed E-state index contributed by atoms with van der Waals surface area (Å²) < 4.78 is 29.4. The topological polar surface area (TPSA) is 95.6 Å². The van der Waals surface area contributed by atoms with Gasteiger partial charge >= 0.3 is 12.0 Å². The van der Waals surface area contributed by atoms with E-state index in [9.17, 15) is 9.59 Å². The van der Waals surface area contributed by atoms with Gasteiger partial charge in [0, 0.05) is 20.2 Å². The highest BCUT2D eigenvalue weighted by atomic mass is 16.8. The number of hydrogen-bond acceptors (Lipinski definition) is 7. The summed E-state index contributed by atoms with van der Waals surface area (Å²) in [5.41, 5.74) is 0.992. The zero-order chi connectivity index (χ0) is 26.8. The van der Waals surface area contributed by atoms with Crippen molar-refractivity contribution in [2.75, 3.05) is 20.3 Å². The second-order valence-corrected chi connectivity index (χ2v) is 10.1. The van der Waals surface area contributed by atoms with E-state index in [1.165, 1.54) is 0 Å². The molecule has 0 radical (unpaired) electrons. The first-order chi connectivity index (χ1) is 17.8. The Labute approximate surface area is 221 Å². The minimum atomic E-state index is -0.806. The summed E-state index contributed by atoms with van der Waals surface area (Å²) in [4.78, 5) is 28.1. The van der Waals surface area contributed by atoms with Gasteiger partial charge in [-0.25, -0.2) is 4.79 Å². The number of esters is 1. The highest BCUT2D eigenvalue weighted by Crippen LogP contribution is 2.40. The SMILES string of the molecule is CCCCCCCN(C(=O)NCc1ccccc1)C(CC(=O)OCC)[C@@H]1O[C@@H]2OC(C)(C)O[C@@H]2[C@H]1OC. The number of nitrogens with zero attached hydrogens (tertiary/aromatic N) is 1. The van der Waals surface area contributed by atoms with E-state index in [1.807, 2.05) is 44.2 Å². The van der Waals surface area contributed by atoms with Crippen molar-refractivity contribution in [3.63, 3.8) is 0 Å². The lowest BCUT2D eigenvalue weighted by Crippen LogP contribution is -2.55. The van der Waals surface area contributed by atoms with Crippen molar-refractivity contribution >= 4 is 12.0 Å². The third-order valence-corrected chi connectivity index (χ3v) is 6.81. The molecule has 1 N–H and O–H groups in total. The second-order valence-electron chi connectivity index (χ2n) is 10.1. The van der Waals surface area contributed by atoms with Gasteiger partial charge in [-0.2, -0.15) is 0 Å². The molecule has 0 aliphatic carbocycles. The molecule has 1 unspecified atom stereocenters.